The number of likely N-dealkylation sites (tertiary alicyclic amines) is 1. The van der Waals surface area contributed by atoms with Crippen LogP contribution in [-0.4, -0.2) is 53.7 Å². The maximum absolute atomic E-state index is 12.9. The summed E-state index contributed by atoms with van der Waals surface area (Å²) >= 11 is 0. The van der Waals surface area contributed by atoms with Crippen molar-refractivity contribution in [3.05, 3.63) is 54.4 Å². The third kappa shape index (κ3) is 4.25. The zero-order chi connectivity index (χ0) is 19.3. The van der Waals surface area contributed by atoms with Gasteiger partial charge in [0.05, 0.1) is 6.61 Å². The van der Waals surface area contributed by atoms with Gasteiger partial charge in [-0.3, -0.25) is 14.6 Å². The molecular weight excluding hydrogens is 348 g/mol. The predicted molar refractivity (Wildman–Crippen MR) is 97.8 cm³/mol. The highest BCUT2D eigenvalue weighted by molar-refractivity contribution is 5.93. The fourth-order valence-electron chi connectivity index (χ4n) is 3.31. The standard InChI is InChI=1S/C20H22N2O5/c1-26-14-20(19(24)25)9-5-11-22(13-20)18(23)17-12-16(8-10-21-17)27-15-6-3-2-4-7-15/h2-4,6-8,10,12H,5,9,11,13-14H2,1H3,(H,24,25). The number of amides is 1. The topological polar surface area (TPSA) is 89.0 Å². The van der Waals surface area contributed by atoms with Crippen molar-refractivity contribution in [2.45, 2.75) is 12.8 Å². The van der Waals surface area contributed by atoms with Gasteiger partial charge in [0.1, 0.15) is 22.6 Å². The molecule has 1 N–H and O–H groups in total. The summed E-state index contributed by atoms with van der Waals surface area (Å²) in [5.41, 5.74) is -0.858. The molecule has 1 aromatic carbocycles. The molecule has 142 valence electrons. The summed E-state index contributed by atoms with van der Waals surface area (Å²) in [6, 6.07) is 12.5. The van der Waals surface area contributed by atoms with Crippen LogP contribution in [0.2, 0.25) is 0 Å². The lowest BCUT2D eigenvalue weighted by Crippen LogP contribution is -2.52. The minimum Gasteiger partial charge on any atom is -0.481 e. The molecule has 0 saturated carbocycles. The average molecular weight is 370 g/mol. The highest BCUT2D eigenvalue weighted by Gasteiger charge is 2.44. The van der Waals surface area contributed by atoms with E-state index in [2.05, 4.69) is 4.98 Å². The van der Waals surface area contributed by atoms with Gasteiger partial charge in [0, 0.05) is 32.5 Å². The van der Waals surface area contributed by atoms with Crippen LogP contribution in [0.1, 0.15) is 23.3 Å². The molecule has 1 unspecified atom stereocenters. The van der Waals surface area contributed by atoms with Crippen LogP contribution in [0.4, 0.5) is 0 Å². The number of hydrogen-bond donors (Lipinski definition) is 1. The van der Waals surface area contributed by atoms with Gasteiger partial charge in [0.2, 0.25) is 0 Å². The number of carbonyl (C=O) groups is 2. The van der Waals surface area contributed by atoms with Crippen LogP contribution in [0.3, 0.4) is 0 Å². The Bertz CT molecular complexity index is 807. The van der Waals surface area contributed by atoms with Gasteiger partial charge >= 0.3 is 5.97 Å². The number of benzene rings is 1. The number of carboxylic acid groups (broad SMARTS) is 1. The number of hydrogen-bond acceptors (Lipinski definition) is 5. The number of carboxylic acids is 1. The molecule has 7 nitrogen and oxygen atoms in total. The van der Waals surface area contributed by atoms with Crippen molar-refractivity contribution in [2.75, 3.05) is 26.8 Å². The molecule has 0 radical (unpaired) electrons. The summed E-state index contributed by atoms with van der Waals surface area (Å²) in [7, 11) is 1.47. The molecule has 2 aromatic rings. The largest absolute Gasteiger partial charge is 0.481 e. The summed E-state index contributed by atoms with van der Waals surface area (Å²) in [6.45, 7) is 0.653. The zero-order valence-electron chi connectivity index (χ0n) is 15.1. The van der Waals surface area contributed by atoms with E-state index in [4.69, 9.17) is 9.47 Å². The number of methoxy groups -OCH3 is 1. The minimum absolute atomic E-state index is 0.0662. The number of pyridine rings is 1. The third-order valence-electron chi connectivity index (χ3n) is 4.67. The molecule has 0 spiro atoms. The van der Waals surface area contributed by atoms with E-state index in [9.17, 15) is 14.7 Å². The molecule has 1 amide bonds. The number of para-hydroxylation sites is 1. The van der Waals surface area contributed by atoms with E-state index in [0.29, 0.717) is 30.9 Å². The average Bonchev–Trinajstić information content (AvgIpc) is 2.69. The summed E-state index contributed by atoms with van der Waals surface area (Å²) in [6.07, 6.45) is 2.58. The van der Waals surface area contributed by atoms with E-state index in [1.165, 1.54) is 18.2 Å². The second-order valence-electron chi connectivity index (χ2n) is 6.64. The molecule has 1 fully saturated rings. The van der Waals surface area contributed by atoms with Crippen LogP contribution in [0.15, 0.2) is 48.7 Å². The zero-order valence-corrected chi connectivity index (χ0v) is 15.1. The van der Waals surface area contributed by atoms with E-state index >= 15 is 0 Å². The van der Waals surface area contributed by atoms with E-state index < -0.39 is 11.4 Å². The maximum Gasteiger partial charge on any atom is 0.313 e. The number of carbonyl (C=O) groups excluding carboxylic acids is 1. The van der Waals surface area contributed by atoms with Crippen molar-refractivity contribution in [2.24, 2.45) is 5.41 Å². The molecule has 0 bridgehead atoms. The second kappa shape index (κ2) is 8.18. The van der Waals surface area contributed by atoms with Gasteiger partial charge in [0.25, 0.3) is 5.91 Å². The van der Waals surface area contributed by atoms with Gasteiger partial charge in [0.15, 0.2) is 0 Å². The molecule has 7 heteroatoms. The van der Waals surface area contributed by atoms with Crippen LogP contribution >= 0.6 is 0 Å². The maximum atomic E-state index is 12.9. The van der Waals surface area contributed by atoms with Gasteiger partial charge in [-0.05, 0) is 31.0 Å². The number of nitrogens with zero attached hydrogens (tertiary/aromatic N) is 2. The predicted octanol–water partition coefficient (Wildman–Crippen LogP) is 2.83. The first-order valence-corrected chi connectivity index (χ1v) is 8.75. The summed E-state index contributed by atoms with van der Waals surface area (Å²) in [4.78, 5) is 30.3. The molecule has 1 saturated heterocycles. The first-order valence-electron chi connectivity index (χ1n) is 8.75. The number of rotatable bonds is 6. The highest BCUT2D eigenvalue weighted by Crippen LogP contribution is 2.32. The van der Waals surface area contributed by atoms with E-state index in [1.807, 2.05) is 30.3 Å². The first-order chi connectivity index (χ1) is 13.0. The third-order valence-corrected chi connectivity index (χ3v) is 4.67. The Morgan fingerprint density at radius 1 is 1.22 bits per heavy atom. The normalized spacial score (nSPS) is 19.5. The molecule has 0 aliphatic carbocycles. The molecule has 1 aliphatic rings. The molecule has 3 rings (SSSR count). The van der Waals surface area contributed by atoms with Gasteiger partial charge in [-0.2, -0.15) is 0 Å². The Kier molecular flexibility index (Phi) is 5.71. The lowest BCUT2D eigenvalue weighted by molar-refractivity contribution is -0.155. The van der Waals surface area contributed by atoms with Crippen molar-refractivity contribution in [1.29, 1.82) is 0 Å². The molecule has 27 heavy (non-hydrogen) atoms. The Labute approximate surface area is 157 Å². The van der Waals surface area contributed by atoms with Gasteiger partial charge in [-0.15, -0.1) is 0 Å². The van der Waals surface area contributed by atoms with Crippen LogP contribution in [0, 0.1) is 5.41 Å². The summed E-state index contributed by atoms with van der Waals surface area (Å²) < 4.78 is 10.9. The SMILES string of the molecule is COCC1(C(=O)O)CCCN(C(=O)c2cc(Oc3ccccc3)ccn2)C1. The van der Waals surface area contributed by atoms with Crippen LogP contribution in [0.25, 0.3) is 0 Å². The van der Waals surface area contributed by atoms with Crippen molar-refractivity contribution in [3.63, 3.8) is 0 Å². The van der Waals surface area contributed by atoms with Crippen molar-refractivity contribution in [3.8, 4) is 11.5 Å². The fraction of sp³-hybridized carbons (Fsp3) is 0.350. The van der Waals surface area contributed by atoms with E-state index in [0.717, 1.165) is 0 Å². The molecule has 2 heterocycles. The van der Waals surface area contributed by atoms with E-state index in [-0.39, 0.29) is 24.8 Å². The minimum atomic E-state index is -1.08. The van der Waals surface area contributed by atoms with Crippen LogP contribution < -0.4 is 4.74 Å². The number of piperidine rings is 1. The monoisotopic (exact) mass is 370 g/mol. The fourth-order valence-corrected chi connectivity index (χ4v) is 3.31. The lowest BCUT2D eigenvalue weighted by Gasteiger charge is -2.39. The lowest BCUT2D eigenvalue weighted by atomic mass is 9.80. The molecule has 1 atom stereocenters. The van der Waals surface area contributed by atoms with Crippen molar-refractivity contribution in [1.82, 2.24) is 9.88 Å². The summed E-state index contributed by atoms with van der Waals surface area (Å²) in [5.74, 6) is -0.103. The van der Waals surface area contributed by atoms with Crippen molar-refractivity contribution < 1.29 is 24.2 Å². The smallest absolute Gasteiger partial charge is 0.313 e. The summed E-state index contributed by atoms with van der Waals surface area (Å²) in [5, 5.41) is 9.64. The van der Waals surface area contributed by atoms with Gasteiger partial charge in [-0.1, -0.05) is 18.2 Å². The van der Waals surface area contributed by atoms with Gasteiger partial charge in [-0.25, -0.2) is 0 Å². The molecule has 1 aromatic heterocycles. The number of aromatic nitrogens is 1. The Morgan fingerprint density at radius 3 is 2.70 bits per heavy atom. The van der Waals surface area contributed by atoms with E-state index in [1.54, 1.807) is 12.1 Å². The van der Waals surface area contributed by atoms with Crippen molar-refractivity contribution >= 4 is 11.9 Å². The second-order valence-corrected chi connectivity index (χ2v) is 6.64. The van der Waals surface area contributed by atoms with Crippen LogP contribution in [0.5, 0.6) is 11.5 Å². The first kappa shape index (κ1) is 18.8. The quantitative estimate of drug-likeness (QED) is 0.841. The highest BCUT2D eigenvalue weighted by atomic mass is 16.5. The van der Waals surface area contributed by atoms with Crippen LogP contribution in [-0.2, 0) is 9.53 Å². The Hall–Kier alpha value is -2.93. The molecule has 1 aliphatic heterocycles. The molecular formula is C20H22N2O5. The Morgan fingerprint density at radius 2 is 2.00 bits per heavy atom. The Balaban J connectivity index is 1.77. The number of ether oxygens (including phenoxy) is 2. The number of aliphatic carboxylic acids is 1. The van der Waals surface area contributed by atoms with Gasteiger partial charge < -0.3 is 19.5 Å².